The number of carbonyl (C=O) groups excluding carboxylic acids is 1. The summed E-state index contributed by atoms with van der Waals surface area (Å²) in [5, 5.41) is 3.05. The molecule has 0 aliphatic rings. The van der Waals surface area contributed by atoms with Gasteiger partial charge in [0.2, 0.25) is 5.91 Å². The summed E-state index contributed by atoms with van der Waals surface area (Å²) in [5.74, 6) is 1.59. The molecule has 0 saturated carbocycles. The van der Waals surface area contributed by atoms with Crippen LogP contribution in [-0.4, -0.2) is 23.1 Å². The average molecular weight is 393 g/mol. The fourth-order valence-electron chi connectivity index (χ4n) is 2.87. The second-order valence-electron chi connectivity index (χ2n) is 6.35. The van der Waals surface area contributed by atoms with Crippen LogP contribution >= 0.6 is 11.8 Å². The highest BCUT2D eigenvalue weighted by Crippen LogP contribution is 2.27. The smallest absolute Gasteiger partial charge is 0.238 e. The van der Waals surface area contributed by atoms with Crippen LogP contribution in [0.3, 0.4) is 0 Å². The summed E-state index contributed by atoms with van der Waals surface area (Å²) in [6.45, 7) is 5.27. The number of nitrogens with zero attached hydrogens (tertiary/aromatic N) is 1. The van der Waals surface area contributed by atoms with Crippen molar-refractivity contribution in [2.45, 2.75) is 18.0 Å². The van der Waals surface area contributed by atoms with Gasteiger partial charge in [0.05, 0.1) is 25.0 Å². The van der Waals surface area contributed by atoms with Gasteiger partial charge < -0.3 is 9.73 Å². The van der Waals surface area contributed by atoms with Gasteiger partial charge in [0.25, 0.3) is 0 Å². The average Bonchev–Trinajstić information content (AvgIpc) is 3.21. The molecule has 28 heavy (non-hydrogen) atoms. The van der Waals surface area contributed by atoms with E-state index in [1.54, 1.807) is 18.0 Å². The number of carbonyl (C=O) groups is 1. The molecule has 5 heteroatoms. The molecule has 1 heterocycles. The third-order valence-corrected chi connectivity index (χ3v) is 5.16. The molecule has 0 saturated heterocycles. The van der Waals surface area contributed by atoms with Gasteiger partial charge in [-0.1, -0.05) is 48.5 Å². The van der Waals surface area contributed by atoms with Crippen LogP contribution in [0.2, 0.25) is 0 Å². The van der Waals surface area contributed by atoms with E-state index in [4.69, 9.17) is 4.42 Å². The van der Waals surface area contributed by atoms with Crippen LogP contribution < -0.4 is 5.32 Å². The minimum atomic E-state index is -0.0471. The van der Waals surface area contributed by atoms with Crippen molar-refractivity contribution in [2.24, 2.45) is 0 Å². The van der Waals surface area contributed by atoms with E-state index in [-0.39, 0.29) is 12.5 Å². The summed E-state index contributed by atoms with van der Waals surface area (Å²) < 4.78 is 5.48. The first-order valence-electron chi connectivity index (χ1n) is 9.16. The zero-order valence-corrected chi connectivity index (χ0v) is 16.5. The van der Waals surface area contributed by atoms with E-state index in [1.807, 2.05) is 60.7 Å². The fourth-order valence-corrected chi connectivity index (χ4v) is 3.62. The highest BCUT2D eigenvalue weighted by atomic mass is 32.2. The Hall–Kier alpha value is -2.76. The topological polar surface area (TPSA) is 45.5 Å². The lowest BCUT2D eigenvalue weighted by molar-refractivity contribution is -0.117. The predicted octanol–water partition coefficient (Wildman–Crippen LogP) is 5.20. The van der Waals surface area contributed by atoms with Crippen molar-refractivity contribution in [1.82, 2.24) is 4.90 Å². The molecule has 4 nitrogen and oxygen atoms in total. The van der Waals surface area contributed by atoms with Crippen molar-refractivity contribution in [3.63, 3.8) is 0 Å². The first kappa shape index (κ1) is 20.0. The number of para-hydroxylation sites is 1. The van der Waals surface area contributed by atoms with Gasteiger partial charge in [0.1, 0.15) is 5.76 Å². The molecule has 2 aromatic carbocycles. The van der Waals surface area contributed by atoms with E-state index in [0.717, 1.165) is 27.7 Å². The van der Waals surface area contributed by atoms with Crippen LogP contribution in [0.15, 0.2) is 95.0 Å². The first-order chi connectivity index (χ1) is 13.7. The summed E-state index contributed by atoms with van der Waals surface area (Å²) in [6, 6.07) is 21.8. The highest BCUT2D eigenvalue weighted by molar-refractivity contribution is 7.99. The maximum absolute atomic E-state index is 12.8. The Labute approximate surface area is 170 Å². The first-order valence-corrected chi connectivity index (χ1v) is 10.1. The Morgan fingerprint density at radius 2 is 1.82 bits per heavy atom. The van der Waals surface area contributed by atoms with E-state index in [9.17, 15) is 4.79 Å². The van der Waals surface area contributed by atoms with Crippen LogP contribution in [0.1, 0.15) is 11.3 Å². The molecule has 3 aromatic rings. The second kappa shape index (κ2) is 10.5. The summed E-state index contributed by atoms with van der Waals surface area (Å²) in [5.41, 5.74) is 1.99. The number of rotatable bonds is 10. The van der Waals surface area contributed by atoms with Gasteiger partial charge in [-0.25, -0.2) is 0 Å². The van der Waals surface area contributed by atoms with Crippen LogP contribution in [0.4, 0.5) is 5.69 Å². The molecule has 1 amide bonds. The van der Waals surface area contributed by atoms with Crippen molar-refractivity contribution in [1.29, 1.82) is 0 Å². The Morgan fingerprint density at radius 3 is 2.57 bits per heavy atom. The second-order valence-corrected chi connectivity index (χ2v) is 7.42. The van der Waals surface area contributed by atoms with Gasteiger partial charge in [-0.15, -0.1) is 18.3 Å². The van der Waals surface area contributed by atoms with Crippen LogP contribution in [0.25, 0.3) is 0 Å². The van der Waals surface area contributed by atoms with Gasteiger partial charge in [0.15, 0.2) is 0 Å². The molecule has 0 radical (unpaired) electrons. The Kier molecular flexibility index (Phi) is 7.53. The summed E-state index contributed by atoms with van der Waals surface area (Å²) in [6.07, 6.45) is 3.51. The lowest BCUT2D eigenvalue weighted by Crippen LogP contribution is -2.32. The largest absolute Gasteiger partial charge is 0.468 e. The zero-order valence-electron chi connectivity index (χ0n) is 15.7. The molecular weight excluding hydrogens is 368 g/mol. The number of anilines is 1. The quantitative estimate of drug-likeness (QED) is 0.381. The lowest BCUT2D eigenvalue weighted by Gasteiger charge is -2.21. The number of nitrogens with one attached hydrogen (secondary N) is 1. The minimum Gasteiger partial charge on any atom is -0.468 e. The zero-order chi connectivity index (χ0) is 19.6. The third kappa shape index (κ3) is 6.15. The van der Waals surface area contributed by atoms with Gasteiger partial charge >= 0.3 is 0 Å². The molecule has 1 N–H and O–H groups in total. The number of hydrogen-bond donors (Lipinski definition) is 1. The Balaban J connectivity index is 1.67. The molecule has 1 aromatic heterocycles. The maximum Gasteiger partial charge on any atom is 0.238 e. The van der Waals surface area contributed by atoms with E-state index >= 15 is 0 Å². The number of hydrogen-bond acceptors (Lipinski definition) is 4. The van der Waals surface area contributed by atoms with Gasteiger partial charge in [0, 0.05) is 17.2 Å². The van der Waals surface area contributed by atoms with Crippen LogP contribution in [0, 0.1) is 0 Å². The van der Waals surface area contributed by atoms with E-state index in [1.165, 1.54) is 0 Å². The molecule has 0 unspecified atom stereocenters. The van der Waals surface area contributed by atoms with Crippen LogP contribution in [-0.2, 0) is 17.9 Å². The summed E-state index contributed by atoms with van der Waals surface area (Å²) >= 11 is 1.65. The van der Waals surface area contributed by atoms with Crippen molar-refractivity contribution in [3.05, 3.63) is 97.0 Å². The summed E-state index contributed by atoms with van der Waals surface area (Å²) in [7, 11) is 0. The SMILES string of the molecule is C=CCSc1ccccc1NC(=O)CN(Cc1ccccc1)Cc1ccco1. The molecule has 0 bridgehead atoms. The number of amides is 1. The van der Waals surface area contributed by atoms with Gasteiger partial charge in [-0.05, 0) is 29.8 Å². The van der Waals surface area contributed by atoms with Crippen molar-refractivity contribution < 1.29 is 9.21 Å². The molecule has 144 valence electrons. The third-order valence-electron chi connectivity index (χ3n) is 4.09. The molecule has 0 aliphatic heterocycles. The molecule has 0 fully saturated rings. The van der Waals surface area contributed by atoms with E-state index in [0.29, 0.717) is 13.1 Å². The monoisotopic (exact) mass is 392 g/mol. The molecule has 0 atom stereocenters. The molecule has 0 spiro atoms. The van der Waals surface area contributed by atoms with Crippen LogP contribution in [0.5, 0.6) is 0 Å². The fraction of sp³-hybridized carbons (Fsp3) is 0.174. The molecule has 0 aliphatic carbocycles. The lowest BCUT2D eigenvalue weighted by atomic mass is 10.2. The number of thioether (sulfide) groups is 1. The van der Waals surface area contributed by atoms with Gasteiger partial charge in [-0.3, -0.25) is 9.69 Å². The van der Waals surface area contributed by atoms with Gasteiger partial charge in [-0.2, -0.15) is 0 Å². The Bertz CT molecular complexity index is 879. The predicted molar refractivity (Wildman–Crippen MR) is 115 cm³/mol. The van der Waals surface area contributed by atoms with E-state index in [2.05, 4.69) is 28.9 Å². The number of furan rings is 1. The number of benzene rings is 2. The standard InChI is InChI=1S/C23H24N2O2S/c1-2-15-28-22-13-7-6-12-21(22)24-23(26)18-25(17-20-11-8-14-27-20)16-19-9-4-3-5-10-19/h2-14H,1,15-18H2,(H,24,26). The van der Waals surface area contributed by atoms with Crippen molar-refractivity contribution >= 4 is 23.4 Å². The minimum absolute atomic E-state index is 0.0471. The van der Waals surface area contributed by atoms with Crippen molar-refractivity contribution in [2.75, 3.05) is 17.6 Å². The Morgan fingerprint density at radius 1 is 1.04 bits per heavy atom. The molecule has 3 rings (SSSR count). The van der Waals surface area contributed by atoms with E-state index < -0.39 is 0 Å². The van der Waals surface area contributed by atoms with Crippen molar-refractivity contribution in [3.8, 4) is 0 Å². The maximum atomic E-state index is 12.8. The summed E-state index contributed by atoms with van der Waals surface area (Å²) in [4.78, 5) is 15.9. The normalized spacial score (nSPS) is 10.8. The highest BCUT2D eigenvalue weighted by Gasteiger charge is 2.15. The molecular formula is C23H24N2O2S.